The van der Waals surface area contributed by atoms with Crippen molar-refractivity contribution in [2.24, 2.45) is 26.7 Å². The van der Waals surface area contributed by atoms with E-state index in [1.165, 1.54) is 88.7 Å². The first-order valence-electron chi connectivity index (χ1n) is 27.8. The number of carbonyl (C=O) groups excluding carboxylic acids is 7. The molecule has 2 unspecified atom stereocenters. The molecular formula is C64H67N5O17. The summed E-state index contributed by atoms with van der Waals surface area (Å²) in [6.07, 6.45) is -9.78. The van der Waals surface area contributed by atoms with Gasteiger partial charge in [0.2, 0.25) is 6.10 Å². The number of aromatic hydroxyl groups is 2. The highest BCUT2D eigenvalue weighted by Gasteiger charge is 2.78. The first-order chi connectivity index (χ1) is 40.9. The van der Waals surface area contributed by atoms with Crippen LogP contribution in [-0.4, -0.2) is 142 Å². The van der Waals surface area contributed by atoms with Crippen LogP contribution in [0, 0.1) is 16.7 Å². The number of Topliss-reactive ketones (excluding diaryl/α,β-unsaturated/α-hetero) is 1. The van der Waals surface area contributed by atoms with Crippen LogP contribution in [0.4, 0.5) is 16.2 Å². The zero-order chi connectivity index (χ0) is 61.9. The number of carbonyl (C=O) groups is 7. The molecule has 3 aliphatic carbocycles. The predicted molar refractivity (Wildman–Crippen MR) is 311 cm³/mol. The smallest absolute Gasteiger partial charge is 0.412 e. The third-order valence-electron chi connectivity index (χ3n) is 16.8. The largest absolute Gasteiger partial charge is 0.507 e. The summed E-state index contributed by atoms with van der Waals surface area (Å²) in [5, 5.41) is 52.7. The Morgan fingerprint density at radius 2 is 1.37 bits per heavy atom. The standard InChI is InChI=1S/C64H67N5O17/c1-35-47(31-64(80)56(85-58(77)40-20-14-9-15-21-40)54-62(6,48(74)30-49-63(54,34-81-49)86-37(3)71)55(75)52(82-36(2)70)50(35)61(64,4)5)83-59(78)53(51(38-16-10-7-11-17-38)69-57(76)39-18-12-8-13-19-39)84-60(79)68-44-23-25-46(73)42(29-44)33-67-27-26-66-32-41-28-43(65)22-24-45(41)72/h7-25,28-29,32-33,47-49,51-54,56,72-74,80H,26-27,30-31,34,65H2,1-6H3,(H,68,79)(H,69,76)/t47-,48-,49+,51-,52?,53+,54?,56-,62+,63-,64+/m0/s1. The van der Waals surface area contributed by atoms with Crippen molar-refractivity contribution in [1.82, 2.24) is 5.32 Å². The molecule has 2 bridgehead atoms. The fourth-order valence-corrected chi connectivity index (χ4v) is 12.4. The van der Waals surface area contributed by atoms with E-state index < -0.39 is 119 Å². The van der Waals surface area contributed by atoms with Gasteiger partial charge in [-0.15, -0.1) is 0 Å². The molecule has 11 atom stereocenters. The first-order valence-corrected chi connectivity index (χ1v) is 27.8. The van der Waals surface area contributed by atoms with Gasteiger partial charge in [-0.3, -0.25) is 34.5 Å². The second-order valence-corrected chi connectivity index (χ2v) is 22.5. The number of rotatable bonds is 17. The molecular weight excluding hydrogens is 1110 g/mol. The Bertz CT molecular complexity index is 3520. The summed E-state index contributed by atoms with van der Waals surface area (Å²) in [5.74, 6) is -7.58. The normalized spacial score (nSPS) is 26.3. The van der Waals surface area contributed by atoms with Crippen LogP contribution in [0.2, 0.25) is 0 Å². The van der Waals surface area contributed by atoms with Gasteiger partial charge < -0.3 is 59.9 Å². The van der Waals surface area contributed by atoms with E-state index in [-0.39, 0.29) is 76.7 Å². The number of nitrogens with two attached hydrogens (primary N) is 1. The fraction of sp³-hybridized carbons (Fsp3) is 0.359. The maximum atomic E-state index is 15.9. The third kappa shape index (κ3) is 11.9. The molecule has 5 aromatic carbocycles. The van der Waals surface area contributed by atoms with Crippen LogP contribution in [0.5, 0.6) is 11.5 Å². The summed E-state index contributed by atoms with van der Waals surface area (Å²) in [6.45, 7) is 8.06. The number of phenols is 2. The number of nitrogen functional groups attached to an aromatic ring is 1. The molecule has 0 spiro atoms. The third-order valence-corrected chi connectivity index (χ3v) is 16.8. The highest BCUT2D eigenvalue weighted by atomic mass is 16.6. The molecule has 4 aliphatic rings. The van der Waals surface area contributed by atoms with E-state index in [9.17, 15) is 44.4 Å². The van der Waals surface area contributed by atoms with E-state index in [2.05, 4.69) is 20.6 Å². The van der Waals surface area contributed by atoms with Gasteiger partial charge in [-0.2, -0.15) is 0 Å². The monoisotopic (exact) mass is 1180 g/mol. The number of amides is 2. The molecule has 1 saturated heterocycles. The predicted octanol–water partition coefficient (Wildman–Crippen LogP) is 6.52. The topological polar surface area (TPSA) is 331 Å². The molecule has 3 fully saturated rings. The second-order valence-electron chi connectivity index (χ2n) is 22.5. The number of aliphatic imine (C=N–C) groups is 2. The van der Waals surface area contributed by atoms with Crippen molar-refractivity contribution in [1.29, 1.82) is 0 Å². The van der Waals surface area contributed by atoms with Gasteiger partial charge in [-0.05, 0) is 91.2 Å². The van der Waals surface area contributed by atoms with E-state index in [1.807, 2.05) is 0 Å². The van der Waals surface area contributed by atoms with Gasteiger partial charge in [0.1, 0.15) is 41.5 Å². The zero-order valence-corrected chi connectivity index (χ0v) is 48.0. The quantitative estimate of drug-likeness (QED) is 0.00990. The van der Waals surface area contributed by atoms with Crippen LogP contribution >= 0.6 is 0 Å². The van der Waals surface area contributed by atoms with Crippen LogP contribution in [0.25, 0.3) is 0 Å². The van der Waals surface area contributed by atoms with Crippen LogP contribution in [-0.2, 0) is 47.6 Å². The Labute approximate surface area is 495 Å². The van der Waals surface area contributed by atoms with Crippen molar-refractivity contribution in [2.75, 3.05) is 30.7 Å². The van der Waals surface area contributed by atoms with Crippen molar-refractivity contribution in [3.8, 4) is 11.5 Å². The van der Waals surface area contributed by atoms with Crippen LogP contribution in [0.3, 0.4) is 0 Å². The molecule has 1 heterocycles. The highest BCUT2D eigenvalue weighted by molar-refractivity contribution is 5.97. The number of ketones is 1. The Morgan fingerprint density at radius 1 is 0.779 bits per heavy atom. The molecule has 8 N–H and O–H groups in total. The number of hydrogen-bond donors (Lipinski definition) is 7. The summed E-state index contributed by atoms with van der Waals surface area (Å²) in [7, 11) is 0. The lowest BCUT2D eigenvalue weighted by Crippen LogP contribution is -2.82. The molecule has 5 aromatic rings. The Hall–Kier alpha value is -9.25. The number of aliphatic hydroxyl groups excluding tert-OH is 1. The summed E-state index contributed by atoms with van der Waals surface area (Å²) in [5.41, 5.74) is -1.02. The lowest BCUT2D eigenvalue weighted by Gasteiger charge is -2.67. The summed E-state index contributed by atoms with van der Waals surface area (Å²) >= 11 is 0. The first kappa shape index (κ1) is 61.3. The Balaban J connectivity index is 1.11. The average Bonchev–Trinajstić information content (AvgIpc) is 0.691. The van der Waals surface area contributed by atoms with Crippen molar-refractivity contribution in [3.63, 3.8) is 0 Å². The molecule has 2 saturated carbocycles. The van der Waals surface area contributed by atoms with Gasteiger partial charge in [0.05, 0.1) is 42.7 Å². The van der Waals surface area contributed by atoms with E-state index in [0.29, 0.717) is 11.3 Å². The molecule has 1 aliphatic heterocycles. The van der Waals surface area contributed by atoms with E-state index in [4.69, 9.17) is 34.2 Å². The zero-order valence-electron chi connectivity index (χ0n) is 48.0. The molecule has 0 radical (unpaired) electrons. The number of aliphatic hydroxyl groups is 2. The van der Waals surface area contributed by atoms with E-state index in [0.717, 1.165) is 13.8 Å². The van der Waals surface area contributed by atoms with Crippen molar-refractivity contribution in [2.45, 2.75) is 108 Å². The molecule has 0 aromatic heterocycles. The lowest BCUT2D eigenvalue weighted by molar-refractivity contribution is -0.346. The SMILES string of the molecule is CC(=O)OC1C(=O)[C@@]2(C)C([C@H](OC(=O)c3ccccc3)[C@]3(O)C[C@H](OC(=O)[C@H](OC(=O)Nc4ccc(O)c(C=NCCN=Cc5cc(N)ccc5O)c4)[C@@H](NC(=O)c4ccccc4)c4ccccc4)C(C)=C1C3(C)C)[C@]1(OC(C)=O)CO[C@@H]1C[C@@H]2O. The maximum absolute atomic E-state index is 15.9. The molecule has 2 amide bonds. The van der Waals surface area contributed by atoms with Crippen LogP contribution < -0.4 is 16.4 Å². The van der Waals surface area contributed by atoms with Gasteiger partial charge in [0.25, 0.3) is 5.91 Å². The fourth-order valence-electron chi connectivity index (χ4n) is 12.4. The van der Waals surface area contributed by atoms with Gasteiger partial charge in [0.15, 0.2) is 17.5 Å². The Morgan fingerprint density at radius 3 is 1.97 bits per heavy atom. The number of hydrogen-bond acceptors (Lipinski definition) is 20. The molecule has 22 nitrogen and oxygen atoms in total. The molecule has 86 heavy (non-hydrogen) atoms. The number of esters is 4. The minimum Gasteiger partial charge on any atom is -0.507 e. The number of nitrogens with zero attached hydrogens (tertiary/aromatic N) is 2. The van der Waals surface area contributed by atoms with Crippen LogP contribution in [0.1, 0.15) is 97.8 Å². The number of nitrogens with one attached hydrogen (secondary N) is 2. The van der Waals surface area contributed by atoms with Crippen molar-refractivity contribution in [3.05, 3.63) is 166 Å². The van der Waals surface area contributed by atoms with Crippen molar-refractivity contribution < 1.29 is 82.4 Å². The summed E-state index contributed by atoms with van der Waals surface area (Å²) in [4.78, 5) is 110. The molecule has 22 heteroatoms. The lowest BCUT2D eigenvalue weighted by atomic mass is 9.44. The highest BCUT2D eigenvalue weighted by Crippen LogP contribution is 2.64. The summed E-state index contributed by atoms with van der Waals surface area (Å²) in [6, 6.07) is 30.8. The van der Waals surface area contributed by atoms with E-state index >= 15 is 9.59 Å². The summed E-state index contributed by atoms with van der Waals surface area (Å²) < 4.78 is 37.1. The van der Waals surface area contributed by atoms with Gasteiger partial charge in [-0.1, -0.05) is 80.6 Å². The Kier molecular flexibility index (Phi) is 17.7. The van der Waals surface area contributed by atoms with Gasteiger partial charge >= 0.3 is 30.0 Å². The maximum Gasteiger partial charge on any atom is 0.412 e. The van der Waals surface area contributed by atoms with E-state index in [1.54, 1.807) is 78.9 Å². The second kappa shape index (κ2) is 24.8. The number of fused-ring (bicyclic) bond motifs is 5. The number of benzene rings is 5. The molecule has 450 valence electrons. The van der Waals surface area contributed by atoms with Crippen LogP contribution in [0.15, 0.2) is 149 Å². The average molecular weight is 1180 g/mol. The number of anilines is 2. The van der Waals surface area contributed by atoms with Gasteiger partial charge in [0, 0.05) is 72.6 Å². The minimum atomic E-state index is -2.53. The number of phenolic OH excluding ortho intramolecular Hbond substituents is 2. The molecule has 9 rings (SSSR count). The minimum absolute atomic E-state index is 0.00809. The number of ether oxygens (including phenoxy) is 6. The van der Waals surface area contributed by atoms with Gasteiger partial charge in [-0.25, -0.2) is 14.4 Å². The van der Waals surface area contributed by atoms with Crippen molar-refractivity contribution >= 4 is 65.5 Å².